The molecule has 0 saturated carbocycles. The first kappa shape index (κ1) is 11.7. The fourth-order valence-corrected chi connectivity index (χ4v) is 2.12. The minimum absolute atomic E-state index is 0.354. The normalized spacial score (nSPS) is 12.8. The van der Waals surface area contributed by atoms with E-state index in [2.05, 4.69) is 18.0 Å². The standard InChI is InChI=1S/C13H16N2O2/c1-2-8-4-3-5-11-12(8)9(7-15-11)6-10(14)13(16)17/h3-5,7,10,15H,2,6,14H2,1H3,(H,16,17)/t10-/m0/s1. The number of fused-ring (bicyclic) bond motifs is 1. The molecule has 0 aliphatic carbocycles. The number of hydrogen-bond donors (Lipinski definition) is 3. The molecule has 4 N–H and O–H groups in total. The fourth-order valence-electron chi connectivity index (χ4n) is 2.12. The second-order valence-electron chi connectivity index (χ2n) is 4.16. The third-order valence-electron chi connectivity index (χ3n) is 3.01. The van der Waals surface area contributed by atoms with Crippen LogP contribution in [-0.2, 0) is 17.6 Å². The molecule has 17 heavy (non-hydrogen) atoms. The second kappa shape index (κ2) is 4.59. The highest BCUT2D eigenvalue weighted by atomic mass is 16.4. The van der Waals surface area contributed by atoms with Crippen molar-refractivity contribution in [1.29, 1.82) is 0 Å². The zero-order valence-corrected chi connectivity index (χ0v) is 9.73. The summed E-state index contributed by atoms with van der Waals surface area (Å²) >= 11 is 0. The molecule has 2 rings (SSSR count). The quantitative estimate of drug-likeness (QED) is 0.750. The second-order valence-corrected chi connectivity index (χ2v) is 4.16. The molecule has 4 nitrogen and oxygen atoms in total. The topological polar surface area (TPSA) is 79.1 Å². The van der Waals surface area contributed by atoms with Crippen molar-refractivity contribution in [3.8, 4) is 0 Å². The maximum Gasteiger partial charge on any atom is 0.320 e. The average molecular weight is 232 g/mol. The summed E-state index contributed by atoms with van der Waals surface area (Å²) in [5.41, 5.74) is 8.81. The van der Waals surface area contributed by atoms with Crippen LogP contribution in [0.2, 0.25) is 0 Å². The number of nitrogens with two attached hydrogens (primary N) is 1. The number of aromatic amines is 1. The van der Waals surface area contributed by atoms with Gasteiger partial charge in [-0.05, 0) is 23.6 Å². The Morgan fingerprint density at radius 1 is 1.47 bits per heavy atom. The molecule has 0 spiro atoms. The van der Waals surface area contributed by atoms with Crippen molar-refractivity contribution < 1.29 is 9.90 Å². The summed E-state index contributed by atoms with van der Waals surface area (Å²) in [4.78, 5) is 13.9. The van der Waals surface area contributed by atoms with Crippen molar-refractivity contribution in [3.05, 3.63) is 35.5 Å². The molecule has 1 atom stereocenters. The van der Waals surface area contributed by atoms with E-state index in [0.717, 1.165) is 22.9 Å². The van der Waals surface area contributed by atoms with E-state index >= 15 is 0 Å². The van der Waals surface area contributed by atoms with Crippen LogP contribution in [-0.4, -0.2) is 22.1 Å². The Balaban J connectivity index is 2.44. The number of H-pyrrole nitrogens is 1. The first-order valence-electron chi connectivity index (χ1n) is 5.69. The summed E-state index contributed by atoms with van der Waals surface area (Å²) in [5, 5.41) is 9.96. The Labute approximate surface area is 99.4 Å². The number of hydrogen-bond acceptors (Lipinski definition) is 2. The summed E-state index contributed by atoms with van der Waals surface area (Å²) < 4.78 is 0. The van der Waals surface area contributed by atoms with Crippen LogP contribution in [0.5, 0.6) is 0 Å². The monoisotopic (exact) mass is 232 g/mol. The Morgan fingerprint density at radius 2 is 2.24 bits per heavy atom. The molecule has 0 aliphatic rings. The molecule has 1 heterocycles. The molecule has 0 radical (unpaired) electrons. The SMILES string of the molecule is CCc1cccc2[nH]cc(C[C@H](N)C(=O)O)c12. The lowest BCUT2D eigenvalue weighted by Gasteiger charge is -2.07. The van der Waals surface area contributed by atoms with Crippen LogP contribution < -0.4 is 5.73 Å². The number of aromatic nitrogens is 1. The molecule has 2 aromatic rings. The van der Waals surface area contributed by atoms with E-state index in [0.29, 0.717) is 6.42 Å². The van der Waals surface area contributed by atoms with Crippen LogP contribution in [0, 0.1) is 0 Å². The average Bonchev–Trinajstić information content (AvgIpc) is 2.72. The lowest BCUT2D eigenvalue weighted by atomic mass is 10.0. The highest BCUT2D eigenvalue weighted by Gasteiger charge is 2.15. The molecule has 0 amide bonds. The van der Waals surface area contributed by atoms with Gasteiger partial charge in [0.25, 0.3) is 0 Å². The molecular weight excluding hydrogens is 216 g/mol. The maximum atomic E-state index is 10.8. The number of rotatable bonds is 4. The highest BCUT2D eigenvalue weighted by molar-refractivity contribution is 5.87. The Bertz CT molecular complexity index is 545. The molecule has 1 aromatic carbocycles. The predicted octanol–water partition coefficient (Wildman–Crippen LogP) is 1.68. The van der Waals surface area contributed by atoms with Gasteiger partial charge in [0, 0.05) is 23.5 Å². The van der Waals surface area contributed by atoms with Gasteiger partial charge in [0.1, 0.15) is 6.04 Å². The third kappa shape index (κ3) is 2.17. The molecule has 0 unspecified atom stereocenters. The van der Waals surface area contributed by atoms with Crippen LogP contribution >= 0.6 is 0 Å². The molecule has 0 saturated heterocycles. The first-order chi connectivity index (χ1) is 8.13. The van der Waals surface area contributed by atoms with Crippen molar-refractivity contribution in [2.45, 2.75) is 25.8 Å². The van der Waals surface area contributed by atoms with Gasteiger partial charge in [-0.2, -0.15) is 0 Å². The summed E-state index contributed by atoms with van der Waals surface area (Å²) in [6, 6.07) is 5.20. The van der Waals surface area contributed by atoms with Gasteiger partial charge in [-0.3, -0.25) is 4.79 Å². The van der Waals surface area contributed by atoms with E-state index in [-0.39, 0.29) is 0 Å². The van der Waals surface area contributed by atoms with E-state index < -0.39 is 12.0 Å². The van der Waals surface area contributed by atoms with Gasteiger partial charge < -0.3 is 15.8 Å². The van der Waals surface area contributed by atoms with Gasteiger partial charge in [-0.25, -0.2) is 0 Å². The molecular formula is C13H16N2O2. The molecule has 0 aliphatic heterocycles. The number of carboxylic acid groups (broad SMARTS) is 1. The van der Waals surface area contributed by atoms with Crippen molar-refractivity contribution in [3.63, 3.8) is 0 Å². The van der Waals surface area contributed by atoms with E-state index in [9.17, 15) is 4.79 Å². The first-order valence-corrected chi connectivity index (χ1v) is 5.69. The van der Waals surface area contributed by atoms with Crippen LogP contribution in [0.4, 0.5) is 0 Å². The van der Waals surface area contributed by atoms with E-state index in [4.69, 9.17) is 10.8 Å². The Hall–Kier alpha value is -1.81. The van der Waals surface area contributed by atoms with Gasteiger partial charge in [0.2, 0.25) is 0 Å². The minimum atomic E-state index is -0.965. The van der Waals surface area contributed by atoms with Crippen LogP contribution in [0.1, 0.15) is 18.1 Å². The molecule has 0 fully saturated rings. The number of carbonyl (C=O) groups is 1. The van der Waals surface area contributed by atoms with Gasteiger partial charge in [0.05, 0.1) is 0 Å². The van der Waals surface area contributed by atoms with E-state index in [1.165, 1.54) is 5.56 Å². The van der Waals surface area contributed by atoms with Crippen molar-refractivity contribution in [2.75, 3.05) is 0 Å². The number of carboxylic acids is 1. The lowest BCUT2D eigenvalue weighted by Crippen LogP contribution is -2.32. The van der Waals surface area contributed by atoms with Crippen molar-refractivity contribution in [1.82, 2.24) is 4.98 Å². The summed E-state index contributed by atoms with van der Waals surface area (Å²) in [6.07, 6.45) is 3.13. The fraction of sp³-hybridized carbons (Fsp3) is 0.308. The lowest BCUT2D eigenvalue weighted by molar-refractivity contribution is -0.138. The smallest absolute Gasteiger partial charge is 0.320 e. The summed E-state index contributed by atoms with van der Waals surface area (Å²) in [6.45, 7) is 2.09. The minimum Gasteiger partial charge on any atom is -0.480 e. The predicted molar refractivity (Wildman–Crippen MR) is 67.0 cm³/mol. The highest BCUT2D eigenvalue weighted by Crippen LogP contribution is 2.24. The number of nitrogens with one attached hydrogen (secondary N) is 1. The van der Waals surface area contributed by atoms with Gasteiger partial charge >= 0.3 is 5.97 Å². The van der Waals surface area contributed by atoms with E-state index in [1.54, 1.807) is 0 Å². The van der Waals surface area contributed by atoms with Crippen molar-refractivity contribution >= 4 is 16.9 Å². The number of aryl methyl sites for hydroxylation is 1. The Kier molecular flexibility index (Phi) is 3.15. The summed E-state index contributed by atoms with van der Waals surface area (Å²) in [7, 11) is 0. The number of aliphatic carboxylic acids is 1. The maximum absolute atomic E-state index is 10.8. The van der Waals surface area contributed by atoms with E-state index in [1.807, 2.05) is 18.3 Å². The zero-order valence-electron chi connectivity index (χ0n) is 9.73. The molecule has 0 bridgehead atoms. The van der Waals surface area contributed by atoms with Gasteiger partial charge in [-0.15, -0.1) is 0 Å². The van der Waals surface area contributed by atoms with Crippen LogP contribution in [0.15, 0.2) is 24.4 Å². The zero-order chi connectivity index (χ0) is 12.4. The molecule has 4 heteroatoms. The van der Waals surface area contributed by atoms with Crippen molar-refractivity contribution in [2.24, 2.45) is 5.73 Å². The van der Waals surface area contributed by atoms with Gasteiger partial charge in [-0.1, -0.05) is 19.1 Å². The van der Waals surface area contributed by atoms with Crippen LogP contribution in [0.3, 0.4) is 0 Å². The molecule has 90 valence electrons. The largest absolute Gasteiger partial charge is 0.480 e. The Morgan fingerprint density at radius 3 is 2.88 bits per heavy atom. The molecule has 1 aromatic heterocycles. The summed E-state index contributed by atoms with van der Waals surface area (Å²) in [5.74, 6) is -0.965. The van der Waals surface area contributed by atoms with Gasteiger partial charge in [0.15, 0.2) is 0 Å². The number of benzene rings is 1. The van der Waals surface area contributed by atoms with Crippen LogP contribution in [0.25, 0.3) is 10.9 Å². The third-order valence-corrected chi connectivity index (χ3v) is 3.01.